The van der Waals surface area contributed by atoms with Crippen molar-refractivity contribution in [1.29, 1.82) is 0 Å². The molecule has 1 aliphatic rings. The van der Waals surface area contributed by atoms with Crippen LogP contribution in [0.5, 0.6) is 0 Å². The van der Waals surface area contributed by atoms with Crippen LogP contribution in [0.1, 0.15) is 31.8 Å². The summed E-state index contributed by atoms with van der Waals surface area (Å²) in [5, 5.41) is 2.61. The van der Waals surface area contributed by atoms with Crippen molar-refractivity contribution in [1.82, 2.24) is 4.90 Å². The number of rotatable bonds is 3. The molecule has 0 radical (unpaired) electrons. The molecule has 0 atom stereocenters. The topological polar surface area (TPSA) is 62.6 Å². The Bertz CT molecular complexity index is 998. The number of nitrogens with zero attached hydrogens (tertiary/aromatic N) is 1. The van der Waals surface area contributed by atoms with E-state index in [1.165, 1.54) is 36.3 Å². The molecular weight excluding hydrogens is 347 g/mol. The lowest BCUT2D eigenvalue weighted by atomic mass is 9.99. The summed E-state index contributed by atoms with van der Waals surface area (Å²) >= 11 is 0. The first-order chi connectivity index (χ1) is 13.1. The maximum atomic E-state index is 13.7. The first-order valence-electron chi connectivity index (χ1n) is 8.61. The van der Waals surface area contributed by atoms with Gasteiger partial charge in [-0.2, -0.15) is 0 Å². The number of halogens is 1. The molecule has 27 heavy (non-hydrogen) atoms. The van der Waals surface area contributed by atoms with E-state index in [0.717, 1.165) is 18.1 Å². The largest absolute Gasteiger partial charge is 0.472 e. The Balaban J connectivity index is 1.60. The summed E-state index contributed by atoms with van der Waals surface area (Å²) in [6, 6.07) is 13.3. The van der Waals surface area contributed by atoms with Gasteiger partial charge in [0.2, 0.25) is 0 Å². The van der Waals surface area contributed by atoms with E-state index >= 15 is 0 Å². The molecule has 3 aromatic rings. The summed E-state index contributed by atoms with van der Waals surface area (Å²) in [7, 11) is 0. The van der Waals surface area contributed by atoms with Gasteiger partial charge < -0.3 is 14.6 Å². The minimum Gasteiger partial charge on any atom is -0.472 e. The van der Waals surface area contributed by atoms with Gasteiger partial charge in [0.05, 0.1) is 23.1 Å². The molecule has 0 saturated carbocycles. The van der Waals surface area contributed by atoms with Crippen LogP contribution in [-0.2, 0) is 13.0 Å². The third-order valence-corrected chi connectivity index (χ3v) is 4.66. The molecule has 0 saturated heterocycles. The Morgan fingerprint density at radius 2 is 1.89 bits per heavy atom. The van der Waals surface area contributed by atoms with Crippen molar-refractivity contribution < 1.29 is 18.4 Å². The Morgan fingerprint density at radius 3 is 2.67 bits per heavy atom. The molecule has 6 heteroatoms. The third kappa shape index (κ3) is 3.46. The van der Waals surface area contributed by atoms with E-state index in [1.54, 1.807) is 4.90 Å². The number of hydrogen-bond donors (Lipinski definition) is 1. The Kier molecular flexibility index (Phi) is 4.46. The van der Waals surface area contributed by atoms with Gasteiger partial charge >= 0.3 is 0 Å². The first-order valence-corrected chi connectivity index (χ1v) is 8.61. The molecule has 4 rings (SSSR count). The van der Waals surface area contributed by atoms with Crippen molar-refractivity contribution in [3.63, 3.8) is 0 Å². The fourth-order valence-electron chi connectivity index (χ4n) is 3.23. The second-order valence-corrected chi connectivity index (χ2v) is 6.40. The Hall–Kier alpha value is -3.41. The van der Waals surface area contributed by atoms with Gasteiger partial charge in [0.25, 0.3) is 11.8 Å². The molecule has 0 aliphatic carbocycles. The standard InChI is InChI=1S/C21H17FN2O3/c22-17-5-6-18(19(11-17)23-20(25)16-8-10-27-13-16)21(26)24-9-7-14-3-1-2-4-15(14)12-24/h1-6,8,10-11,13H,7,9,12H2,(H,23,25). The van der Waals surface area contributed by atoms with E-state index in [2.05, 4.69) is 11.4 Å². The van der Waals surface area contributed by atoms with Crippen molar-refractivity contribution >= 4 is 17.5 Å². The van der Waals surface area contributed by atoms with Gasteiger partial charge in [0, 0.05) is 13.1 Å². The molecule has 5 nitrogen and oxygen atoms in total. The fraction of sp³-hybridized carbons (Fsp3) is 0.143. The van der Waals surface area contributed by atoms with Crippen LogP contribution in [-0.4, -0.2) is 23.3 Å². The summed E-state index contributed by atoms with van der Waals surface area (Å²) in [4.78, 5) is 27.0. The molecule has 0 fully saturated rings. The zero-order valence-corrected chi connectivity index (χ0v) is 14.4. The van der Waals surface area contributed by atoms with Crippen LogP contribution in [0, 0.1) is 5.82 Å². The van der Waals surface area contributed by atoms with Crippen molar-refractivity contribution in [3.05, 3.63) is 89.1 Å². The molecule has 2 aromatic carbocycles. The smallest absolute Gasteiger partial charge is 0.258 e. The van der Waals surface area contributed by atoms with Crippen molar-refractivity contribution in [2.24, 2.45) is 0 Å². The van der Waals surface area contributed by atoms with E-state index in [9.17, 15) is 14.0 Å². The summed E-state index contributed by atoms with van der Waals surface area (Å²) in [6.45, 7) is 1.06. The van der Waals surface area contributed by atoms with Crippen molar-refractivity contribution in [2.75, 3.05) is 11.9 Å². The summed E-state index contributed by atoms with van der Waals surface area (Å²) < 4.78 is 18.6. The fourth-order valence-corrected chi connectivity index (χ4v) is 3.23. The number of anilines is 1. The van der Waals surface area contributed by atoms with E-state index < -0.39 is 11.7 Å². The van der Waals surface area contributed by atoms with Gasteiger partial charge in [-0.05, 0) is 41.8 Å². The Morgan fingerprint density at radius 1 is 1.07 bits per heavy atom. The molecule has 0 bridgehead atoms. The summed E-state index contributed by atoms with van der Waals surface area (Å²) in [6.07, 6.45) is 3.43. The Labute approximate surface area is 155 Å². The van der Waals surface area contributed by atoms with Crippen molar-refractivity contribution in [2.45, 2.75) is 13.0 Å². The van der Waals surface area contributed by atoms with Crippen molar-refractivity contribution in [3.8, 4) is 0 Å². The van der Waals surface area contributed by atoms with Crippen LogP contribution in [0.3, 0.4) is 0 Å². The third-order valence-electron chi connectivity index (χ3n) is 4.66. The van der Waals surface area contributed by atoms with E-state index in [0.29, 0.717) is 18.7 Å². The molecular formula is C21H17FN2O3. The molecule has 0 spiro atoms. The lowest BCUT2D eigenvalue weighted by Gasteiger charge is -2.29. The van der Waals surface area contributed by atoms with E-state index in [-0.39, 0.29) is 17.2 Å². The number of furan rings is 1. The zero-order chi connectivity index (χ0) is 18.8. The van der Waals surface area contributed by atoms with Crippen LogP contribution < -0.4 is 5.32 Å². The molecule has 2 heterocycles. The predicted octanol–water partition coefficient (Wildman–Crippen LogP) is 3.87. The molecule has 0 unspecified atom stereocenters. The predicted molar refractivity (Wildman–Crippen MR) is 97.9 cm³/mol. The van der Waals surface area contributed by atoms with E-state index in [4.69, 9.17) is 4.42 Å². The highest BCUT2D eigenvalue weighted by Gasteiger charge is 2.24. The lowest BCUT2D eigenvalue weighted by molar-refractivity contribution is 0.0735. The lowest BCUT2D eigenvalue weighted by Crippen LogP contribution is -2.36. The number of carbonyl (C=O) groups excluding carboxylic acids is 2. The molecule has 1 aliphatic heterocycles. The van der Waals surface area contributed by atoms with Gasteiger partial charge in [-0.15, -0.1) is 0 Å². The molecule has 1 aromatic heterocycles. The van der Waals surface area contributed by atoms with Crippen LogP contribution in [0.15, 0.2) is 65.5 Å². The average molecular weight is 364 g/mol. The highest BCUT2D eigenvalue weighted by atomic mass is 19.1. The highest BCUT2D eigenvalue weighted by molar-refractivity contribution is 6.08. The second kappa shape index (κ2) is 7.07. The number of carbonyl (C=O) groups is 2. The SMILES string of the molecule is O=C(Nc1cc(F)ccc1C(=O)N1CCc2ccccc2C1)c1ccoc1. The number of benzene rings is 2. The van der Waals surface area contributed by atoms with Gasteiger partial charge in [0.1, 0.15) is 12.1 Å². The molecule has 136 valence electrons. The molecule has 1 N–H and O–H groups in total. The number of fused-ring (bicyclic) bond motifs is 1. The number of hydrogen-bond acceptors (Lipinski definition) is 3. The summed E-state index contributed by atoms with van der Waals surface area (Å²) in [5.74, 6) is -1.24. The zero-order valence-electron chi connectivity index (χ0n) is 14.4. The maximum Gasteiger partial charge on any atom is 0.258 e. The van der Waals surface area contributed by atoms with Gasteiger partial charge in [0.15, 0.2) is 0 Å². The highest BCUT2D eigenvalue weighted by Crippen LogP contribution is 2.24. The minimum absolute atomic E-state index is 0.144. The molecule has 2 amide bonds. The van der Waals surface area contributed by atoms with Gasteiger partial charge in [-0.1, -0.05) is 24.3 Å². The number of nitrogens with one attached hydrogen (secondary N) is 1. The van der Waals surface area contributed by atoms with Gasteiger partial charge in [-0.25, -0.2) is 4.39 Å². The quantitative estimate of drug-likeness (QED) is 0.767. The second-order valence-electron chi connectivity index (χ2n) is 6.40. The van der Waals surface area contributed by atoms with Crippen LogP contribution in [0.2, 0.25) is 0 Å². The average Bonchev–Trinajstić information content (AvgIpc) is 3.22. The number of amides is 2. The van der Waals surface area contributed by atoms with Crippen LogP contribution in [0.4, 0.5) is 10.1 Å². The minimum atomic E-state index is -0.530. The maximum absolute atomic E-state index is 13.7. The van der Waals surface area contributed by atoms with Gasteiger partial charge in [-0.3, -0.25) is 9.59 Å². The van der Waals surface area contributed by atoms with Crippen LogP contribution in [0.25, 0.3) is 0 Å². The van der Waals surface area contributed by atoms with E-state index in [1.807, 2.05) is 18.2 Å². The monoisotopic (exact) mass is 364 g/mol. The summed E-state index contributed by atoms with van der Waals surface area (Å²) in [5.41, 5.74) is 3.03. The van der Waals surface area contributed by atoms with Crippen LogP contribution >= 0.6 is 0 Å². The normalized spacial score (nSPS) is 13.1. The first kappa shape index (κ1) is 17.0.